The molecule has 146 valence electrons. The number of pyridine rings is 1. The van der Waals surface area contributed by atoms with Crippen LogP contribution in [0, 0.1) is 0 Å². The summed E-state index contributed by atoms with van der Waals surface area (Å²) in [6, 6.07) is 15.6. The third-order valence-corrected chi connectivity index (χ3v) is 4.23. The Bertz CT molecular complexity index is 941. The molecule has 0 atom stereocenters. The molecule has 2 N–H and O–H groups in total. The van der Waals surface area contributed by atoms with Crippen LogP contribution < -0.4 is 10.1 Å². The molecule has 4 nitrogen and oxygen atoms in total. The number of methoxy groups -OCH3 is 1. The Hall–Kier alpha value is -3.06. The van der Waals surface area contributed by atoms with Crippen molar-refractivity contribution in [2.75, 3.05) is 7.11 Å². The van der Waals surface area contributed by atoms with Crippen LogP contribution in [0.2, 0.25) is 0 Å². The number of phenolic OH excluding ortho intramolecular Hbond substituents is 1. The number of halogens is 3. The molecule has 0 fully saturated rings. The molecule has 0 aliphatic carbocycles. The highest BCUT2D eigenvalue weighted by atomic mass is 19.4. The average Bonchev–Trinajstić information content (AvgIpc) is 2.69. The molecule has 0 aliphatic heterocycles. The van der Waals surface area contributed by atoms with Crippen molar-refractivity contribution in [2.24, 2.45) is 0 Å². The molecule has 0 saturated heterocycles. The van der Waals surface area contributed by atoms with Crippen LogP contribution >= 0.6 is 0 Å². The predicted molar refractivity (Wildman–Crippen MR) is 99.9 cm³/mol. The number of ether oxygens (including phenoxy) is 1. The summed E-state index contributed by atoms with van der Waals surface area (Å²) in [5, 5.41) is 13.2. The molecule has 0 aliphatic rings. The summed E-state index contributed by atoms with van der Waals surface area (Å²) in [7, 11) is 1.54. The summed E-state index contributed by atoms with van der Waals surface area (Å²) >= 11 is 0. The van der Waals surface area contributed by atoms with Crippen LogP contribution in [0.15, 0.2) is 60.7 Å². The Morgan fingerprint density at radius 3 is 2.43 bits per heavy atom. The first-order valence-corrected chi connectivity index (χ1v) is 8.57. The first-order chi connectivity index (χ1) is 13.4. The molecule has 1 aromatic heterocycles. The second-order valence-corrected chi connectivity index (χ2v) is 6.21. The Morgan fingerprint density at radius 2 is 1.75 bits per heavy atom. The van der Waals surface area contributed by atoms with Gasteiger partial charge in [-0.3, -0.25) is 0 Å². The average molecular weight is 388 g/mol. The van der Waals surface area contributed by atoms with Crippen molar-refractivity contribution < 1.29 is 23.0 Å². The van der Waals surface area contributed by atoms with E-state index in [-0.39, 0.29) is 5.75 Å². The molecule has 7 heteroatoms. The van der Waals surface area contributed by atoms with E-state index < -0.39 is 11.7 Å². The fourth-order valence-corrected chi connectivity index (χ4v) is 2.73. The van der Waals surface area contributed by atoms with E-state index in [1.165, 1.54) is 12.1 Å². The molecule has 0 saturated carbocycles. The lowest BCUT2D eigenvalue weighted by Gasteiger charge is -2.11. The topological polar surface area (TPSA) is 54.4 Å². The van der Waals surface area contributed by atoms with E-state index in [9.17, 15) is 18.3 Å². The van der Waals surface area contributed by atoms with E-state index in [1.807, 2.05) is 18.2 Å². The molecule has 0 amide bonds. The van der Waals surface area contributed by atoms with Gasteiger partial charge < -0.3 is 15.2 Å². The van der Waals surface area contributed by atoms with Crippen molar-refractivity contribution in [3.05, 3.63) is 77.4 Å². The second-order valence-electron chi connectivity index (χ2n) is 6.21. The summed E-state index contributed by atoms with van der Waals surface area (Å²) in [4.78, 5) is 4.37. The van der Waals surface area contributed by atoms with Gasteiger partial charge in [0.1, 0.15) is 5.75 Å². The fraction of sp³-hybridized carbons (Fsp3) is 0.190. The van der Waals surface area contributed by atoms with E-state index in [4.69, 9.17) is 4.74 Å². The van der Waals surface area contributed by atoms with Gasteiger partial charge >= 0.3 is 6.18 Å². The maximum absolute atomic E-state index is 12.6. The maximum atomic E-state index is 12.6. The van der Waals surface area contributed by atoms with Gasteiger partial charge in [-0.25, -0.2) is 4.98 Å². The van der Waals surface area contributed by atoms with Crippen LogP contribution in [0.25, 0.3) is 11.3 Å². The molecule has 28 heavy (non-hydrogen) atoms. The van der Waals surface area contributed by atoms with Crippen LogP contribution in [0.4, 0.5) is 13.2 Å². The van der Waals surface area contributed by atoms with E-state index in [2.05, 4.69) is 10.3 Å². The van der Waals surface area contributed by atoms with Crippen LogP contribution in [-0.4, -0.2) is 17.2 Å². The van der Waals surface area contributed by atoms with Gasteiger partial charge in [0.2, 0.25) is 5.88 Å². The van der Waals surface area contributed by atoms with E-state index in [0.29, 0.717) is 30.2 Å². The maximum Gasteiger partial charge on any atom is 0.416 e. The lowest BCUT2D eigenvalue weighted by atomic mass is 10.1. The third-order valence-electron chi connectivity index (χ3n) is 4.23. The molecule has 0 unspecified atom stereocenters. The highest BCUT2D eigenvalue weighted by Crippen LogP contribution is 2.29. The standard InChI is InChI=1S/C21H19F3N2O2/c1-28-20-4-2-3-18(26-20)15-7-10-19(27)16(11-15)13-25-12-14-5-8-17(9-6-14)21(22,23)24/h2-11,25,27H,12-13H2,1H3. The summed E-state index contributed by atoms with van der Waals surface area (Å²) < 4.78 is 42.9. The summed E-state index contributed by atoms with van der Waals surface area (Å²) in [5.41, 5.74) is 2.24. The van der Waals surface area contributed by atoms with E-state index in [1.54, 1.807) is 25.3 Å². The fourth-order valence-electron chi connectivity index (χ4n) is 2.73. The van der Waals surface area contributed by atoms with Gasteiger partial charge in [0.15, 0.2) is 0 Å². The molecule has 3 aromatic rings. The monoisotopic (exact) mass is 388 g/mol. The van der Waals surface area contributed by atoms with Gasteiger partial charge in [-0.1, -0.05) is 18.2 Å². The Labute approximate surface area is 160 Å². The molecule has 0 bridgehead atoms. The van der Waals surface area contributed by atoms with Gasteiger partial charge in [-0.15, -0.1) is 0 Å². The first kappa shape index (κ1) is 19.7. The number of rotatable bonds is 6. The van der Waals surface area contributed by atoms with Crippen molar-refractivity contribution in [2.45, 2.75) is 19.3 Å². The Kier molecular flexibility index (Phi) is 5.84. The zero-order valence-electron chi connectivity index (χ0n) is 15.1. The van der Waals surface area contributed by atoms with Crippen molar-refractivity contribution in [1.82, 2.24) is 10.3 Å². The SMILES string of the molecule is COc1cccc(-c2ccc(O)c(CNCc3ccc(C(F)(F)F)cc3)c2)n1. The smallest absolute Gasteiger partial charge is 0.416 e. The second kappa shape index (κ2) is 8.31. The number of hydrogen-bond donors (Lipinski definition) is 2. The lowest BCUT2D eigenvalue weighted by Crippen LogP contribution is -2.13. The minimum atomic E-state index is -4.34. The third kappa shape index (κ3) is 4.80. The van der Waals surface area contributed by atoms with Crippen LogP contribution in [0.5, 0.6) is 11.6 Å². The van der Waals surface area contributed by atoms with Crippen molar-refractivity contribution in [1.29, 1.82) is 0 Å². The van der Waals surface area contributed by atoms with Crippen molar-refractivity contribution in [3.8, 4) is 22.9 Å². The van der Waals surface area contributed by atoms with Crippen LogP contribution in [0.1, 0.15) is 16.7 Å². The lowest BCUT2D eigenvalue weighted by molar-refractivity contribution is -0.137. The number of aromatic nitrogens is 1. The Balaban J connectivity index is 1.67. The molecule has 1 heterocycles. The van der Waals surface area contributed by atoms with Crippen molar-refractivity contribution >= 4 is 0 Å². The van der Waals surface area contributed by atoms with Gasteiger partial charge in [0.05, 0.1) is 18.4 Å². The highest BCUT2D eigenvalue weighted by molar-refractivity contribution is 5.62. The first-order valence-electron chi connectivity index (χ1n) is 8.57. The van der Waals surface area contributed by atoms with E-state index >= 15 is 0 Å². The number of nitrogens with one attached hydrogen (secondary N) is 1. The largest absolute Gasteiger partial charge is 0.508 e. The summed E-state index contributed by atoms with van der Waals surface area (Å²) in [6.45, 7) is 0.726. The van der Waals surface area contributed by atoms with Gasteiger partial charge in [-0.05, 0) is 42.0 Å². The Morgan fingerprint density at radius 1 is 1.00 bits per heavy atom. The molecule has 2 aromatic carbocycles. The number of benzene rings is 2. The van der Waals surface area contributed by atoms with Crippen molar-refractivity contribution in [3.63, 3.8) is 0 Å². The molecular weight excluding hydrogens is 369 g/mol. The molecule has 3 rings (SSSR count). The van der Waals surface area contributed by atoms with Crippen LogP contribution in [-0.2, 0) is 19.3 Å². The normalized spacial score (nSPS) is 11.4. The number of aromatic hydroxyl groups is 1. The van der Waals surface area contributed by atoms with Gasteiger partial charge in [-0.2, -0.15) is 13.2 Å². The van der Waals surface area contributed by atoms with E-state index in [0.717, 1.165) is 23.3 Å². The minimum absolute atomic E-state index is 0.131. The number of hydrogen-bond acceptors (Lipinski definition) is 4. The van der Waals surface area contributed by atoms with Crippen LogP contribution in [0.3, 0.4) is 0 Å². The predicted octanol–water partition coefficient (Wildman–Crippen LogP) is 4.77. The summed E-state index contributed by atoms with van der Waals surface area (Å²) in [5.74, 6) is 0.624. The quantitative estimate of drug-likeness (QED) is 0.639. The zero-order chi connectivity index (χ0) is 20.1. The number of phenols is 1. The molecule has 0 radical (unpaired) electrons. The minimum Gasteiger partial charge on any atom is -0.508 e. The number of alkyl halides is 3. The molecule has 0 spiro atoms. The van der Waals surface area contributed by atoms with Gasteiger partial charge in [0, 0.05) is 30.3 Å². The van der Waals surface area contributed by atoms with Gasteiger partial charge in [0.25, 0.3) is 0 Å². The summed E-state index contributed by atoms with van der Waals surface area (Å²) in [6.07, 6.45) is -4.34. The number of nitrogens with zero attached hydrogens (tertiary/aromatic N) is 1. The highest BCUT2D eigenvalue weighted by Gasteiger charge is 2.29. The molecular formula is C21H19F3N2O2. The zero-order valence-corrected chi connectivity index (χ0v) is 15.1.